The lowest BCUT2D eigenvalue weighted by Crippen LogP contribution is -2.23. The van der Waals surface area contributed by atoms with Gasteiger partial charge in [-0.2, -0.15) is 18.3 Å². The van der Waals surface area contributed by atoms with Crippen LogP contribution in [0.4, 0.5) is 13.2 Å². The van der Waals surface area contributed by atoms with E-state index >= 15 is 0 Å². The Balaban J connectivity index is 1.53. The minimum absolute atomic E-state index is 0.0518. The van der Waals surface area contributed by atoms with Gasteiger partial charge in [0.05, 0.1) is 17.8 Å². The second-order valence-electron chi connectivity index (χ2n) is 7.16. The zero-order valence-corrected chi connectivity index (χ0v) is 16.9. The van der Waals surface area contributed by atoms with E-state index in [0.717, 1.165) is 40.7 Å². The highest BCUT2D eigenvalue weighted by atomic mass is 19.4. The van der Waals surface area contributed by atoms with Crippen molar-refractivity contribution in [1.82, 2.24) is 20.1 Å². The summed E-state index contributed by atoms with van der Waals surface area (Å²) in [5, 5.41) is 7.44. The second kappa shape index (κ2) is 9.05. The van der Waals surface area contributed by atoms with Crippen molar-refractivity contribution in [3.63, 3.8) is 0 Å². The standard InChI is InChI=1S/C24H19F3N4O/c25-24(26,27)21-12-11-19(13-28-21)23(32)29-14-20-16-31(15-17-7-3-1-4-8-17)30-22(20)18-9-5-2-6-10-18/h1-13,16H,14-15H2,(H,29,32). The fourth-order valence-electron chi connectivity index (χ4n) is 3.26. The van der Waals surface area contributed by atoms with E-state index < -0.39 is 17.8 Å². The van der Waals surface area contributed by atoms with Gasteiger partial charge in [-0.1, -0.05) is 60.7 Å². The molecular formula is C24H19F3N4O. The molecule has 32 heavy (non-hydrogen) atoms. The number of nitrogens with zero attached hydrogens (tertiary/aromatic N) is 3. The molecule has 2 aromatic heterocycles. The molecule has 1 amide bonds. The van der Waals surface area contributed by atoms with E-state index in [4.69, 9.17) is 5.10 Å². The number of nitrogens with one attached hydrogen (secondary N) is 1. The van der Waals surface area contributed by atoms with Crippen molar-refractivity contribution in [1.29, 1.82) is 0 Å². The minimum atomic E-state index is -4.55. The number of hydrogen-bond acceptors (Lipinski definition) is 3. The third-order valence-corrected chi connectivity index (χ3v) is 4.83. The predicted molar refractivity (Wildman–Crippen MR) is 114 cm³/mol. The molecule has 0 aliphatic carbocycles. The molecule has 2 heterocycles. The summed E-state index contributed by atoms with van der Waals surface area (Å²) >= 11 is 0. The van der Waals surface area contributed by atoms with Crippen LogP contribution in [0.2, 0.25) is 0 Å². The van der Waals surface area contributed by atoms with Crippen LogP contribution < -0.4 is 5.32 Å². The molecule has 4 aromatic rings. The van der Waals surface area contributed by atoms with E-state index in [1.165, 1.54) is 0 Å². The van der Waals surface area contributed by atoms with Crippen LogP contribution in [0.25, 0.3) is 11.3 Å². The topological polar surface area (TPSA) is 59.8 Å². The molecule has 0 bridgehead atoms. The number of hydrogen-bond donors (Lipinski definition) is 1. The predicted octanol–water partition coefficient (Wildman–Crippen LogP) is 4.94. The largest absolute Gasteiger partial charge is 0.433 e. The van der Waals surface area contributed by atoms with Crippen LogP contribution in [0.15, 0.2) is 85.2 Å². The van der Waals surface area contributed by atoms with Crippen LogP contribution >= 0.6 is 0 Å². The zero-order chi connectivity index (χ0) is 22.6. The summed E-state index contributed by atoms with van der Waals surface area (Å²) in [5.41, 5.74) is 2.52. The van der Waals surface area contributed by atoms with Crippen molar-refractivity contribution in [3.8, 4) is 11.3 Å². The van der Waals surface area contributed by atoms with Crippen molar-refractivity contribution >= 4 is 5.91 Å². The molecular weight excluding hydrogens is 417 g/mol. The first kappa shape index (κ1) is 21.3. The second-order valence-corrected chi connectivity index (χ2v) is 7.16. The lowest BCUT2D eigenvalue weighted by atomic mass is 10.1. The van der Waals surface area contributed by atoms with Crippen molar-refractivity contribution in [2.45, 2.75) is 19.3 Å². The van der Waals surface area contributed by atoms with Crippen LogP contribution in [0.1, 0.15) is 27.2 Å². The lowest BCUT2D eigenvalue weighted by molar-refractivity contribution is -0.141. The Morgan fingerprint density at radius 1 is 0.938 bits per heavy atom. The van der Waals surface area contributed by atoms with Gasteiger partial charge in [-0.25, -0.2) is 0 Å². The number of carbonyl (C=O) groups excluding carboxylic acids is 1. The fourth-order valence-corrected chi connectivity index (χ4v) is 3.26. The number of carbonyl (C=O) groups is 1. The molecule has 1 N–H and O–H groups in total. The van der Waals surface area contributed by atoms with Gasteiger partial charge in [-0.15, -0.1) is 0 Å². The summed E-state index contributed by atoms with van der Waals surface area (Å²) < 4.78 is 39.9. The Bertz CT molecular complexity index is 1190. The van der Waals surface area contributed by atoms with Gasteiger partial charge in [0, 0.05) is 30.1 Å². The van der Waals surface area contributed by atoms with E-state index in [1.54, 1.807) is 4.68 Å². The van der Waals surface area contributed by atoms with Gasteiger partial charge >= 0.3 is 6.18 Å². The Kier molecular flexibility index (Phi) is 6.02. The first-order valence-electron chi connectivity index (χ1n) is 9.87. The van der Waals surface area contributed by atoms with Crippen LogP contribution in [0.5, 0.6) is 0 Å². The van der Waals surface area contributed by atoms with Gasteiger partial charge in [0.1, 0.15) is 5.69 Å². The first-order valence-corrected chi connectivity index (χ1v) is 9.87. The van der Waals surface area contributed by atoms with E-state index in [9.17, 15) is 18.0 Å². The number of aromatic nitrogens is 3. The van der Waals surface area contributed by atoms with Crippen molar-refractivity contribution in [3.05, 3.63) is 108 Å². The highest BCUT2D eigenvalue weighted by molar-refractivity contribution is 5.93. The number of pyridine rings is 1. The van der Waals surface area contributed by atoms with Crippen molar-refractivity contribution in [2.24, 2.45) is 0 Å². The highest BCUT2D eigenvalue weighted by Crippen LogP contribution is 2.27. The third-order valence-electron chi connectivity index (χ3n) is 4.83. The summed E-state index contributed by atoms with van der Waals surface area (Å²) in [7, 11) is 0. The lowest BCUT2D eigenvalue weighted by Gasteiger charge is -2.08. The molecule has 0 radical (unpaired) electrons. The Morgan fingerprint density at radius 3 is 2.25 bits per heavy atom. The smallest absolute Gasteiger partial charge is 0.348 e. The average molecular weight is 436 g/mol. The van der Waals surface area contributed by atoms with Crippen LogP contribution in [0.3, 0.4) is 0 Å². The summed E-state index contributed by atoms with van der Waals surface area (Å²) in [6, 6.07) is 21.3. The summed E-state index contributed by atoms with van der Waals surface area (Å²) in [6.07, 6.45) is -1.76. The molecule has 2 aromatic carbocycles. The van der Waals surface area contributed by atoms with Gasteiger partial charge < -0.3 is 5.32 Å². The van der Waals surface area contributed by atoms with Gasteiger partial charge in [-0.3, -0.25) is 14.5 Å². The molecule has 8 heteroatoms. The molecule has 0 aliphatic rings. The summed E-state index contributed by atoms with van der Waals surface area (Å²) in [4.78, 5) is 15.8. The van der Waals surface area contributed by atoms with Crippen LogP contribution in [0, 0.1) is 0 Å². The van der Waals surface area contributed by atoms with E-state index in [1.807, 2.05) is 66.9 Å². The fraction of sp³-hybridized carbons (Fsp3) is 0.125. The highest BCUT2D eigenvalue weighted by Gasteiger charge is 2.32. The van der Waals surface area contributed by atoms with E-state index in [0.29, 0.717) is 6.54 Å². The Morgan fingerprint density at radius 2 is 1.62 bits per heavy atom. The molecule has 4 rings (SSSR count). The molecule has 0 saturated carbocycles. The molecule has 5 nitrogen and oxygen atoms in total. The van der Waals surface area contributed by atoms with Crippen molar-refractivity contribution < 1.29 is 18.0 Å². The molecule has 0 fully saturated rings. The minimum Gasteiger partial charge on any atom is -0.348 e. The SMILES string of the molecule is O=C(NCc1cn(Cc2ccccc2)nc1-c1ccccc1)c1ccc(C(F)(F)F)nc1. The molecule has 0 saturated heterocycles. The zero-order valence-electron chi connectivity index (χ0n) is 16.9. The van der Waals surface area contributed by atoms with Crippen LogP contribution in [-0.4, -0.2) is 20.7 Å². The molecule has 0 aliphatic heterocycles. The molecule has 0 unspecified atom stereocenters. The van der Waals surface area contributed by atoms with Crippen LogP contribution in [-0.2, 0) is 19.3 Å². The maximum Gasteiger partial charge on any atom is 0.433 e. The van der Waals surface area contributed by atoms with Gasteiger partial charge in [0.2, 0.25) is 0 Å². The Hall–Kier alpha value is -3.94. The monoisotopic (exact) mass is 436 g/mol. The van der Waals surface area contributed by atoms with Gasteiger partial charge in [0.25, 0.3) is 5.91 Å². The third kappa shape index (κ3) is 5.03. The Labute approximate surface area is 182 Å². The molecule has 162 valence electrons. The average Bonchev–Trinajstić information content (AvgIpc) is 3.21. The molecule has 0 spiro atoms. The number of alkyl halides is 3. The molecule has 0 atom stereocenters. The maximum absolute atomic E-state index is 12.7. The van der Waals surface area contributed by atoms with Gasteiger partial charge in [0.15, 0.2) is 0 Å². The number of benzene rings is 2. The normalized spacial score (nSPS) is 11.3. The number of halogens is 3. The first-order chi connectivity index (χ1) is 15.4. The maximum atomic E-state index is 12.7. The van der Waals surface area contributed by atoms with E-state index in [2.05, 4.69) is 10.3 Å². The summed E-state index contributed by atoms with van der Waals surface area (Å²) in [6.45, 7) is 0.732. The summed E-state index contributed by atoms with van der Waals surface area (Å²) in [5.74, 6) is -0.513. The number of amides is 1. The van der Waals surface area contributed by atoms with Gasteiger partial charge in [-0.05, 0) is 17.7 Å². The van der Waals surface area contributed by atoms with E-state index in [-0.39, 0.29) is 12.1 Å². The van der Waals surface area contributed by atoms with Crippen molar-refractivity contribution in [2.75, 3.05) is 0 Å². The quantitative estimate of drug-likeness (QED) is 0.466. The number of rotatable bonds is 6.